The molecular formula is C14H12Br2N2O2S. The van der Waals surface area contributed by atoms with Gasteiger partial charge in [0.1, 0.15) is 0 Å². The summed E-state index contributed by atoms with van der Waals surface area (Å²) in [6.45, 7) is 2.90. The van der Waals surface area contributed by atoms with Crippen LogP contribution in [0.15, 0.2) is 41.0 Å². The average molecular weight is 432 g/mol. The molecule has 0 saturated carbocycles. The van der Waals surface area contributed by atoms with Gasteiger partial charge in [-0.3, -0.25) is 4.98 Å². The predicted octanol–water partition coefficient (Wildman–Crippen LogP) is 4.41. The summed E-state index contributed by atoms with van der Waals surface area (Å²) in [7, 11) is 0. The number of rotatable bonds is 4. The summed E-state index contributed by atoms with van der Waals surface area (Å²) in [5.74, 6) is -0.429. The van der Waals surface area contributed by atoms with E-state index in [0.717, 1.165) is 25.2 Å². The van der Waals surface area contributed by atoms with Crippen LogP contribution in [0.25, 0.3) is 11.1 Å². The van der Waals surface area contributed by atoms with Crippen molar-refractivity contribution >= 4 is 54.3 Å². The van der Waals surface area contributed by atoms with Gasteiger partial charge >= 0.3 is 5.76 Å². The maximum absolute atomic E-state index is 11.3. The minimum absolute atomic E-state index is 0.0385. The van der Waals surface area contributed by atoms with Crippen LogP contribution < -0.4 is 11.1 Å². The molecule has 0 spiro atoms. The molecule has 2 aromatic heterocycles. The molecule has 1 aromatic carbocycles. The normalized spacial score (nSPS) is 12.9. The highest BCUT2D eigenvalue weighted by Gasteiger charge is 2.19. The number of nitrogens with one attached hydrogen (secondary N) is 2. The highest BCUT2D eigenvalue weighted by atomic mass is 79.9. The first-order valence-electron chi connectivity index (χ1n) is 6.39. The van der Waals surface area contributed by atoms with E-state index in [-0.39, 0.29) is 6.04 Å². The van der Waals surface area contributed by atoms with E-state index in [1.54, 1.807) is 11.3 Å². The lowest BCUT2D eigenvalue weighted by Gasteiger charge is -2.18. The molecule has 0 saturated heterocycles. The van der Waals surface area contributed by atoms with Gasteiger partial charge in [-0.2, -0.15) is 0 Å². The Kier molecular flexibility index (Phi) is 4.35. The van der Waals surface area contributed by atoms with E-state index in [4.69, 9.17) is 4.42 Å². The van der Waals surface area contributed by atoms with Crippen molar-refractivity contribution in [2.45, 2.75) is 13.0 Å². The van der Waals surface area contributed by atoms with Gasteiger partial charge in [0, 0.05) is 0 Å². The van der Waals surface area contributed by atoms with Crippen LogP contribution in [0.2, 0.25) is 0 Å². The molecule has 0 aliphatic carbocycles. The van der Waals surface area contributed by atoms with Crippen LogP contribution in [-0.4, -0.2) is 11.5 Å². The third-order valence-electron chi connectivity index (χ3n) is 3.18. The first-order chi connectivity index (χ1) is 10.1. The van der Waals surface area contributed by atoms with Gasteiger partial charge in [-0.25, -0.2) is 4.79 Å². The summed E-state index contributed by atoms with van der Waals surface area (Å²) >= 11 is 8.76. The number of hydrogen-bond donors (Lipinski definition) is 2. The lowest BCUT2D eigenvalue weighted by molar-refractivity contribution is 0.553. The molecule has 0 amide bonds. The van der Waals surface area contributed by atoms with Crippen molar-refractivity contribution in [3.05, 3.63) is 53.5 Å². The van der Waals surface area contributed by atoms with E-state index in [9.17, 15) is 4.79 Å². The molecule has 3 rings (SSSR count). The predicted molar refractivity (Wildman–Crippen MR) is 92.1 cm³/mol. The lowest BCUT2D eigenvalue weighted by Crippen LogP contribution is -2.21. The summed E-state index contributed by atoms with van der Waals surface area (Å²) in [4.78, 5) is 13.9. The van der Waals surface area contributed by atoms with E-state index in [2.05, 4.69) is 55.2 Å². The summed E-state index contributed by atoms with van der Waals surface area (Å²) in [5.41, 5.74) is 3.50. The molecule has 1 unspecified atom stereocenters. The Morgan fingerprint density at radius 2 is 2.19 bits per heavy atom. The number of aromatic nitrogens is 1. The fourth-order valence-corrected chi connectivity index (χ4v) is 5.20. The fourth-order valence-electron chi connectivity index (χ4n) is 2.30. The van der Waals surface area contributed by atoms with Crippen LogP contribution in [0.1, 0.15) is 24.1 Å². The maximum atomic E-state index is 11.3. The summed E-state index contributed by atoms with van der Waals surface area (Å²) in [6.07, 6.45) is 0. The van der Waals surface area contributed by atoms with Crippen LogP contribution in [-0.2, 0) is 0 Å². The van der Waals surface area contributed by atoms with Gasteiger partial charge in [-0.05, 0) is 67.7 Å². The number of H-pyrrole nitrogens is 1. The van der Waals surface area contributed by atoms with Crippen molar-refractivity contribution in [1.82, 2.24) is 10.3 Å². The number of thiophene rings is 1. The number of oxazole rings is 1. The van der Waals surface area contributed by atoms with E-state index in [0.29, 0.717) is 11.1 Å². The molecule has 0 aliphatic rings. The molecule has 110 valence electrons. The van der Waals surface area contributed by atoms with Crippen molar-refractivity contribution in [3.63, 3.8) is 0 Å². The SMILES string of the molecule is CCNC(c1ccc2[nH]c(=O)oc2c1)c1cc(Br)sc1Br. The van der Waals surface area contributed by atoms with Gasteiger partial charge in [0.05, 0.1) is 19.1 Å². The standard InChI is InChI=1S/C14H12Br2N2O2S/c1-2-17-12(8-6-11(15)21-13(8)16)7-3-4-9-10(5-7)20-14(19)18-9/h3-6,12,17H,2H2,1H3,(H,18,19). The molecule has 4 nitrogen and oxygen atoms in total. The molecule has 21 heavy (non-hydrogen) atoms. The van der Waals surface area contributed by atoms with Crippen molar-refractivity contribution in [2.24, 2.45) is 0 Å². The maximum Gasteiger partial charge on any atom is 0.417 e. The quantitative estimate of drug-likeness (QED) is 0.643. The second-order valence-corrected chi connectivity index (χ2v) is 8.29. The summed E-state index contributed by atoms with van der Waals surface area (Å²) in [5, 5.41) is 3.47. The largest absolute Gasteiger partial charge is 0.417 e. The van der Waals surface area contributed by atoms with Crippen molar-refractivity contribution in [3.8, 4) is 0 Å². The lowest BCUT2D eigenvalue weighted by atomic mass is 10.0. The van der Waals surface area contributed by atoms with Crippen LogP contribution in [0.5, 0.6) is 0 Å². The van der Waals surface area contributed by atoms with Crippen LogP contribution >= 0.6 is 43.2 Å². The molecule has 2 N–H and O–H groups in total. The monoisotopic (exact) mass is 430 g/mol. The third kappa shape index (κ3) is 3.01. The highest BCUT2D eigenvalue weighted by molar-refractivity contribution is 9.12. The topological polar surface area (TPSA) is 58.0 Å². The van der Waals surface area contributed by atoms with Crippen LogP contribution in [0.4, 0.5) is 0 Å². The Morgan fingerprint density at radius 1 is 1.38 bits per heavy atom. The minimum Gasteiger partial charge on any atom is -0.408 e. The Hall–Kier alpha value is -0.890. The van der Waals surface area contributed by atoms with E-state index in [1.165, 1.54) is 0 Å². The van der Waals surface area contributed by atoms with Crippen LogP contribution in [0.3, 0.4) is 0 Å². The molecular weight excluding hydrogens is 420 g/mol. The Bertz CT molecular complexity index is 837. The van der Waals surface area contributed by atoms with Gasteiger partial charge in [-0.15, -0.1) is 11.3 Å². The third-order valence-corrected chi connectivity index (χ3v) is 5.57. The van der Waals surface area contributed by atoms with Crippen molar-refractivity contribution in [1.29, 1.82) is 0 Å². The van der Waals surface area contributed by atoms with Crippen molar-refractivity contribution < 1.29 is 4.42 Å². The first kappa shape index (κ1) is 15.0. The molecule has 0 bridgehead atoms. The van der Waals surface area contributed by atoms with Gasteiger partial charge in [0.15, 0.2) is 5.58 Å². The molecule has 0 fully saturated rings. The van der Waals surface area contributed by atoms with Gasteiger partial charge in [0.25, 0.3) is 0 Å². The van der Waals surface area contributed by atoms with Gasteiger partial charge < -0.3 is 9.73 Å². The van der Waals surface area contributed by atoms with E-state index in [1.807, 2.05) is 18.2 Å². The van der Waals surface area contributed by atoms with E-state index >= 15 is 0 Å². The number of hydrogen-bond acceptors (Lipinski definition) is 4. The fraction of sp³-hybridized carbons (Fsp3) is 0.214. The molecule has 0 radical (unpaired) electrons. The van der Waals surface area contributed by atoms with Gasteiger partial charge in [-0.1, -0.05) is 13.0 Å². The van der Waals surface area contributed by atoms with Gasteiger partial charge in [0.2, 0.25) is 0 Å². The summed E-state index contributed by atoms with van der Waals surface area (Å²) in [6, 6.07) is 7.91. The highest BCUT2D eigenvalue weighted by Crippen LogP contribution is 2.38. The zero-order valence-corrected chi connectivity index (χ0v) is 15.1. The smallest absolute Gasteiger partial charge is 0.408 e. The Labute approximate surface area is 141 Å². The zero-order valence-electron chi connectivity index (χ0n) is 11.1. The number of halogens is 2. The second-order valence-electron chi connectivity index (χ2n) is 4.54. The first-order valence-corrected chi connectivity index (χ1v) is 8.79. The molecule has 0 aliphatic heterocycles. The summed E-state index contributed by atoms with van der Waals surface area (Å²) < 4.78 is 7.30. The number of aromatic amines is 1. The Balaban J connectivity index is 2.10. The molecule has 2 heterocycles. The van der Waals surface area contributed by atoms with E-state index < -0.39 is 5.76 Å². The van der Waals surface area contributed by atoms with Crippen LogP contribution in [0, 0.1) is 0 Å². The number of benzene rings is 1. The minimum atomic E-state index is -0.429. The zero-order chi connectivity index (χ0) is 15.0. The molecule has 1 atom stereocenters. The number of fused-ring (bicyclic) bond motifs is 1. The molecule has 3 aromatic rings. The molecule has 7 heteroatoms. The Morgan fingerprint density at radius 3 is 2.86 bits per heavy atom. The average Bonchev–Trinajstić information content (AvgIpc) is 2.96. The second kappa shape index (κ2) is 6.08. The van der Waals surface area contributed by atoms with Crippen molar-refractivity contribution in [2.75, 3.05) is 6.54 Å².